The average molecular weight is 376 g/mol. The Kier molecular flexibility index (Phi) is 4.82. The summed E-state index contributed by atoms with van der Waals surface area (Å²) in [5.74, 6) is -1.17. The third-order valence-corrected chi connectivity index (χ3v) is 4.98. The van der Waals surface area contributed by atoms with Gasteiger partial charge >= 0.3 is 0 Å². The molecule has 2 heterocycles. The second-order valence-electron chi connectivity index (χ2n) is 6.84. The van der Waals surface area contributed by atoms with E-state index in [0.29, 0.717) is 24.1 Å². The summed E-state index contributed by atoms with van der Waals surface area (Å²) in [7, 11) is 0. The highest BCUT2D eigenvalue weighted by molar-refractivity contribution is 6.02. The highest BCUT2D eigenvalue weighted by Gasteiger charge is 2.24. The Morgan fingerprint density at radius 3 is 2.32 bits per heavy atom. The molecule has 0 radical (unpaired) electrons. The first kappa shape index (κ1) is 18.2. The van der Waals surface area contributed by atoms with Crippen molar-refractivity contribution < 1.29 is 13.6 Å². The molecule has 1 aliphatic heterocycles. The van der Waals surface area contributed by atoms with Gasteiger partial charge in [0.25, 0.3) is 0 Å². The molecular weight excluding hydrogens is 358 g/mol. The number of pyridine rings is 1. The summed E-state index contributed by atoms with van der Waals surface area (Å²) in [6.07, 6.45) is 2.83. The van der Waals surface area contributed by atoms with Gasteiger partial charge in [-0.25, -0.2) is 8.78 Å². The number of hydrogen-bond donors (Lipinski definition) is 0. The van der Waals surface area contributed by atoms with Crippen molar-refractivity contribution in [1.82, 2.24) is 4.98 Å². The predicted molar refractivity (Wildman–Crippen MR) is 105 cm³/mol. The first-order valence-corrected chi connectivity index (χ1v) is 9.11. The zero-order valence-electron chi connectivity index (χ0n) is 15.3. The Morgan fingerprint density at radius 2 is 1.71 bits per heavy atom. The van der Waals surface area contributed by atoms with Crippen LogP contribution in [0.2, 0.25) is 0 Å². The molecule has 1 aliphatic rings. The van der Waals surface area contributed by atoms with Crippen LogP contribution in [-0.2, 0) is 0 Å². The molecular formula is C23H18F2N2O. The fourth-order valence-corrected chi connectivity index (χ4v) is 3.44. The van der Waals surface area contributed by atoms with E-state index in [2.05, 4.69) is 9.98 Å². The molecule has 0 bridgehead atoms. The quantitative estimate of drug-likeness (QED) is 0.560. The summed E-state index contributed by atoms with van der Waals surface area (Å²) in [6.45, 7) is 1.51. The zero-order valence-corrected chi connectivity index (χ0v) is 15.3. The number of carbonyl (C=O) groups is 1. The number of aromatic nitrogens is 1. The van der Waals surface area contributed by atoms with Crippen molar-refractivity contribution in [2.24, 2.45) is 4.99 Å². The number of nitrogens with zero attached hydrogens (tertiary/aromatic N) is 2. The monoisotopic (exact) mass is 376 g/mol. The van der Waals surface area contributed by atoms with Crippen LogP contribution in [0.4, 0.5) is 8.78 Å². The lowest BCUT2D eigenvalue weighted by molar-refractivity contribution is 0.101. The summed E-state index contributed by atoms with van der Waals surface area (Å²) in [6, 6.07) is 15.2. The van der Waals surface area contributed by atoms with Crippen molar-refractivity contribution in [3.05, 3.63) is 89.1 Å². The van der Waals surface area contributed by atoms with Crippen LogP contribution >= 0.6 is 0 Å². The van der Waals surface area contributed by atoms with Crippen molar-refractivity contribution in [2.45, 2.75) is 25.8 Å². The van der Waals surface area contributed by atoms with Gasteiger partial charge in [0.2, 0.25) is 0 Å². The Labute approximate surface area is 161 Å². The predicted octanol–water partition coefficient (Wildman–Crippen LogP) is 5.55. The highest BCUT2D eigenvalue weighted by Crippen LogP contribution is 2.33. The lowest BCUT2D eigenvalue weighted by Crippen LogP contribution is -2.03. The van der Waals surface area contributed by atoms with E-state index < -0.39 is 11.6 Å². The number of carbonyl (C=O) groups excluding carboxylic acids is 1. The first-order chi connectivity index (χ1) is 13.5. The van der Waals surface area contributed by atoms with E-state index in [9.17, 15) is 13.6 Å². The Balaban J connectivity index is 1.56. The molecule has 140 valence electrons. The maximum absolute atomic E-state index is 14.0. The van der Waals surface area contributed by atoms with Crippen molar-refractivity contribution >= 4 is 11.5 Å². The summed E-state index contributed by atoms with van der Waals surface area (Å²) >= 11 is 0. The number of hydrogen-bond acceptors (Lipinski definition) is 3. The van der Waals surface area contributed by atoms with Crippen LogP contribution in [0.3, 0.4) is 0 Å². The number of ketones is 1. The van der Waals surface area contributed by atoms with Crippen molar-refractivity contribution in [2.75, 3.05) is 0 Å². The zero-order chi connectivity index (χ0) is 19.7. The summed E-state index contributed by atoms with van der Waals surface area (Å²) in [4.78, 5) is 20.3. The van der Waals surface area contributed by atoms with Crippen LogP contribution in [0, 0.1) is 11.6 Å². The maximum atomic E-state index is 14.0. The molecule has 2 aromatic carbocycles. The van der Waals surface area contributed by atoms with E-state index in [-0.39, 0.29) is 17.4 Å². The average Bonchev–Trinajstić information content (AvgIpc) is 3.18. The van der Waals surface area contributed by atoms with Gasteiger partial charge in [0.05, 0.1) is 17.3 Å². The fraction of sp³-hybridized carbons (Fsp3) is 0.174. The van der Waals surface area contributed by atoms with Gasteiger partial charge in [-0.05, 0) is 49.6 Å². The second-order valence-corrected chi connectivity index (χ2v) is 6.84. The number of rotatable bonds is 4. The van der Waals surface area contributed by atoms with Crippen molar-refractivity contribution in [1.29, 1.82) is 0 Å². The van der Waals surface area contributed by atoms with E-state index in [0.717, 1.165) is 16.8 Å². The molecule has 3 nitrogen and oxygen atoms in total. The number of halogens is 2. The Bertz CT molecular complexity index is 1040. The molecule has 4 rings (SSSR count). The van der Waals surface area contributed by atoms with Gasteiger partial charge in [-0.3, -0.25) is 14.8 Å². The lowest BCUT2D eigenvalue weighted by atomic mass is 10.0. The molecule has 0 saturated carbocycles. The molecule has 5 heteroatoms. The third-order valence-electron chi connectivity index (χ3n) is 4.98. The van der Waals surface area contributed by atoms with Crippen LogP contribution in [-0.4, -0.2) is 16.5 Å². The minimum Gasteiger partial charge on any atom is -0.294 e. The normalized spacial score (nSPS) is 16.1. The Morgan fingerprint density at radius 1 is 1.00 bits per heavy atom. The molecule has 0 spiro atoms. The van der Waals surface area contributed by atoms with Gasteiger partial charge in [0, 0.05) is 23.0 Å². The molecule has 0 amide bonds. The molecule has 3 aromatic rings. The van der Waals surface area contributed by atoms with E-state index >= 15 is 0 Å². The molecule has 1 aromatic heterocycles. The van der Waals surface area contributed by atoms with E-state index in [1.54, 1.807) is 12.3 Å². The number of aliphatic imine (C=N–C) groups is 1. The molecule has 28 heavy (non-hydrogen) atoms. The summed E-state index contributed by atoms with van der Waals surface area (Å²) < 4.78 is 28.0. The van der Waals surface area contributed by atoms with Gasteiger partial charge < -0.3 is 0 Å². The van der Waals surface area contributed by atoms with Gasteiger partial charge in [-0.15, -0.1) is 0 Å². The second kappa shape index (κ2) is 7.43. The van der Waals surface area contributed by atoms with Gasteiger partial charge in [0.1, 0.15) is 11.6 Å². The molecule has 0 aliphatic carbocycles. The highest BCUT2D eigenvalue weighted by atomic mass is 19.1. The van der Waals surface area contributed by atoms with E-state index in [1.165, 1.54) is 25.1 Å². The minimum absolute atomic E-state index is 0.0172. The molecule has 1 atom stereocenters. The molecule has 1 unspecified atom stereocenters. The van der Waals surface area contributed by atoms with Crippen LogP contribution in [0.25, 0.3) is 11.3 Å². The fourth-order valence-electron chi connectivity index (χ4n) is 3.44. The maximum Gasteiger partial charge on any atom is 0.161 e. The van der Waals surface area contributed by atoms with E-state index in [1.807, 2.05) is 30.3 Å². The van der Waals surface area contributed by atoms with Crippen LogP contribution in [0.5, 0.6) is 0 Å². The van der Waals surface area contributed by atoms with Crippen LogP contribution in [0.1, 0.15) is 47.3 Å². The number of Topliss-reactive ketones (excluding diaryl/α,β-unsaturated/α-hetero) is 1. The lowest BCUT2D eigenvalue weighted by Gasteiger charge is -2.08. The standard InChI is InChI=1S/C23H18F2N2O/c1-14(28)17-9-10-20(26-13-17)15-5-7-16(8-6-15)21-11-12-22(27-21)23-18(24)3-2-4-19(23)25/h2-10,13,21H,11-12H2,1H3. The summed E-state index contributed by atoms with van der Waals surface area (Å²) in [5.41, 5.74) is 3.74. The Hall–Kier alpha value is -3.21. The van der Waals surface area contributed by atoms with Gasteiger partial charge in [-0.2, -0.15) is 0 Å². The third kappa shape index (κ3) is 3.48. The summed E-state index contributed by atoms with van der Waals surface area (Å²) in [5, 5.41) is 0. The smallest absolute Gasteiger partial charge is 0.161 e. The van der Waals surface area contributed by atoms with Crippen molar-refractivity contribution in [3.8, 4) is 11.3 Å². The minimum atomic E-state index is -0.574. The SMILES string of the molecule is CC(=O)c1ccc(-c2ccc(C3CCC(c4c(F)cccc4F)=N3)cc2)nc1. The number of benzene rings is 2. The topological polar surface area (TPSA) is 42.3 Å². The largest absolute Gasteiger partial charge is 0.294 e. The molecule has 0 N–H and O–H groups in total. The van der Waals surface area contributed by atoms with Gasteiger partial charge in [0.15, 0.2) is 5.78 Å². The van der Waals surface area contributed by atoms with E-state index in [4.69, 9.17) is 0 Å². The van der Waals surface area contributed by atoms with Crippen LogP contribution < -0.4 is 0 Å². The molecule has 0 saturated heterocycles. The van der Waals surface area contributed by atoms with Crippen LogP contribution in [0.15, 0.2) is 65.8 Å². The first-order valence-electron chi connectivity index (χ1n) is 9.11. The van der Waals surface area contributed by atoms with Crippen molar-refractivity contribution in [3.63, 3.8) is 0 Å². The molecule has 0 fully saturated rings. The van der Waals surface area contributed by atoms with Gasteiger partial charge in [-0.1, -0.05) is 30.3 Å².